The van der Waals surface area contributed by atoms with Crippen molar-refractivity contribution in [3.8, 4) is 0 Å². The van der Waals surface area contributed by atoms with Crippen molar-refractivity contribution in [1.82, 2.24) is 19.9 Å². The number of hydrogen-bond donors (Lipinski definition) is 0. The van der Waals surface area contributed by atoms with Crippen LogP contribution in [-0.4, -0.2) is 58.6 Å². The van der Waals surface area contributed by atoms with Crippen LogP contribution in [0.4, 0.5) is 0 Å². The van der Waals surface area contributed by atoms with Crippen LogP contribution in [0.5, 0.6) is 0 Å². The third kappa shape index (κ3) is 2.40. The Kier molecular flexibility index (Phi) is 3.41. The predicted octanol–water partition coefficient (Wildman–Crippen LogP) is 1.62. The monoisotopic (exact) mass is 288 g/mol. The fourth-order valence-corrected chi connectivity index (χ4v) is 2.98. The Morgan fingerprint density at radius 2 is 2.14 bits per heavy atom. The first-order valence-electron chi connectivity index (χ1n) is 7.20. The summed E-state index contributed by atoms with van der Waals surface area (Å²) in [6, 6.07) is 2.03. The molecule has 3 heterocycles. The molecule has 0 N–H and O–H groups in total. The molecule has 3 rings (SSSR count). The van der Waals surface area contributed by atoms with Gasteiger partial charge in [-0.25, -0.2) is 4.98 Å². The second-order valence-electron chi connectivity index (χ2n) is 5.87. The summed E-state index contributed by atoms with van der Waals surface area (Å²) in [6.07, 6.45) is 0. The summed E-state index contributed by atoms with van der Waals surface area (Å²) in [5, 5.41) is 4.67. The molecule has 21 heavy (non-hydrogen) atoms. The molecule has 0 saturated carbocycles. The van der Waals surface area contributed by atoms with Gasteiger partial charge in [0.05, 0.1) is 16.6 Å². The number of hydrogen-bond acceptors (Lipinski definition) is 5. The zero-order valence-electron chi connectivity index (χ0n) is 12.9. The molecular weight excluding hydrogens is 268 g/mol. The second kappa shape index (κ2) is 5.11. The van der Waals surface area contributed by atoms with Crippen LogP contribution in [0.3, 0.4) is 0 Å². The maximum Gasteiger partial charge on any atom is 0.258 e. The van der Waals surface area contributed by atoms with Crippen LogP contribution in [0.15, 0.2) is 10.6 Å². The van der Waals surface area contributed by atoms with Crippen LogP contribution in [0.25, 0.3) is 11.1 Å². The number of aryl methyl sites for hydroxylation is 2. The summed E-state index contributed by atoms with van der Waals surface area (Å²) in [5.74, 6) is 0.0393. The number of nitrogens with zero attached hydrogens (tertiary/aromatic N) is 4. The summed E-state index contributed by atoms with van der Waals surface area (Å²) in [7, 11) is 2.08. The molecule has 6 nitrogen and oxygen atoms in total. The lowest BCUT2D eigenvalue weighted by molar-refractivity contribution is 0.0535. The summed E-state index contributed by atoms with van der Waals surface area (Å²) in [6.45, 7) is 8.31. The number of pyridine rings is 1. The van der Waals surface area contributed by atoms with Gasteiger partial charge in [-0.05, 0) is 33.9 Å². The fraction of sp³-hybridized carbons (Fsp3) is 0.533. The highest BCUT2D eigenvalue weighted by molar-refractivity contribution is 6.06. The molecule has 6 heteroatoms. The van der Waals surface area contributed by atoms with Gasteiger partial charge in [-0.3, -0.25) is 4.79 Å². The number of rotatable bonds is 1. The zero-order valence-corrected chi connectivity index (χ0v) is 12.9. The molecule has 0 bridgehead atoms. The predicted molar refractivity (Wildman–Crippen MR) is 79.3 cm³/mol. The van der Waals surface area contributed by atoms with E-state index in [2.05, 4.69) is 29.0 Å². The molecule has 1 aliphatic heterocycles. The van der Waals surface area contributed by atoms with Gasteiger partial charge in [-0.2, -0.15) is 0 Å². The second-order valence-corrected chi connectivity index (χ2v) is 5.87. The third-order valence-electron chi connectivity index (χ3n) is 4.07. The van der Waals surface area contributed by atoms with Gasteiger partial charge in [0.15, 0.2) is 0 Å². The maximum atomic E-state index is 12.9. The smallest absolute Gasteiger partial charge is 0.258 e. The summed E-state index contributed by atoms with van der Waals surface area (Å²) in [4.78, 5) is 21.4. The Hall–Kier alpha value is -1.95. The molecular formula is C15H20N4O2. The number of fused-ring (bicyclic) bond motifs is 1. The van der Waals surface area contributed by atoms with E-state index in [9.17, 15) is 4.79 Å². The van der Waals surface area contributed by atoms with Crippen molar-refractivity contribution < 1.29 is 9.32 Å². The lowest BCUT2D eigenvalue weighted by Crippen LogP contribution is -2.52. The highest BCUT2D eigenvalue weighted by Gasteiger charge is 2.29. The molecule has 1 saturated heterocycles. The van der Waals surface area contributed by atoms with E-state index < -0.39 is 0 Å². The van der Waals surface area contributed by atoms with E-state index >= 15 is 0 Å². The minimum absolute atomic E-state index is 0.0393. The van der Waals surface area contributed by atoms with E-state index in [1.807, 2.05) is 24.8 Å². The highest BCUT2D eigenvalue weighted by Crippen LogP contribution is 2.24. The van der Waals surface area contributed by atoms with Crippen molar-refractivity contribution in [1.29, 1.82) is 0 Å². The normalized spacial score (nSPS) is 20.2. The van der Waals surface area contributed by atoms with Crippen molar-refractivity contribution in [3.63, 3.8) is 0 Å². The number of likely N-dealkylation sites (N-methyl/N-ethyl adjacent to an activating group) is 1. The van der Waals surface area contributed by atoms with E-state index in [4.69, 9.17) is 4.52 Å². The maximum absolute atomic E-state index is 12.9. The molecule has 2 aromatic heterocycles. The molecule has 2 aromatic rings. The SMILES string of the molecule is Cc1cc(C(=O)N2CCN(C)CC2C)c2c(C)noc2n1. The lowest BCUT2D eigenvalue weighted by atomic mass is 10.1. The quantitative estimate of drug-likeness (QED) is 0.798. The highest BCUT2D eigenvalue weighted by atomic mass is 16.5. The van der Waals surface area contributed by atoms with Gasteiger partial charge in [0.1, 0.15) is 0 Å². The Balaban J connectivity index is 2.03. The minimum Gasteiger partial charge on any atom is -0.336 e. The Bertz CT molecular complexity index is 694. The zero-order chi connectivity index (χ0) is 15.1. The molecule has 1 fully saturated rings. The topological polar surface area (TPSA) is 62.5 Å². The Morgan fingerprint density at radius 1 is 1.38 bits per heavy atom. The van der Waals surface area contributed by atoms with Crippen LogP contribution in [0.2, 0.25) is 0 Å². The van der Waals surface area contributed by atoms with Crippen LogP contribution in [-0.2, 0) is 0 Å². The van der Waals surface area contributed by atoms with Crippen LogP contribution >= 0.6 is 0 Å². The van der Waals surface area contributed by atoms with E-state index in [1.54, 1.807) is 0 Å². The van der Waals surface area contributed by atoms with Crippen molar-refractivity contribution in [3.05, 3.63) is 23.0 Å². The van der Waals surface area contributed by atoms with E-state index in [-0.39, 0.29) is 11.9 Å². The molecule has 0 spiro atoms. The first-order valence-corrected chi connectivity index (χ1v) is 7.20. The van der Waals surface area contributed by atoms with Crippen LogP contribution in [0.1, 0.15) is 28.7 Å². The van der Waals surface area contributed by atoms with Gasteiger partial charge >= 0.3 is 0 Å². The van der Waals surface area contributed by atoms with Gasteiger partial charge in [-0.1, -0.05) is 5.16 Å². The molecule has 1 atom stereocenters. The van der Waals surface area contributed by atoms with E-state index in [1.165, 1.54) is 0 Å². The largest absolute Gasteiger partial charge is 0.336 e. The first kappa shape index (κ1) is 14.0. The Morgan fingerprint density at radius 3 is 2.86 bits per heavy atom. The average molecular weight is 288 g/mol. The number of piperazine rings is 1. The standard InChI is InChI=1S/C15H20N4O2/c1-9-7-12(13-11(3)17-21-14(13)16-9)15(20)19-6-5-18(4)8-10(19)2/h7,10H,5-6,8H2,1-4H3. The van der Waals surface area contributed by atoms with Crippen molar-refractivity contribution in [2.24, 2.45) is 0 Å². The molecule has 1 aliphatic rings. The van der Waals surface area contributed by atoms with Crippen molar-refractivity contribution in [2.75, 3.05) is 26.7 Å². The first-order chi connectivity index (χ1) is 9.97. The summed E-state index contributed by atoms with van der Waals surface area (Å²) < 4.78 is 5.21. The van der Waals surface area contributed by atoms with Gasteiger partial charge < -0.3 is 14.3 Å². The average Bonchev–Trinajstić information content (AvgIpc) is 2.78. The third-order valence-corrected chi connectivity index (χ3v) is 4.07. The van der Waals surface area contributed by atoms with Gasteiger partial charge in [0, 0.05) is 31.4 Å². The molecule has 112 valence electrons. The minimum atomic E-state index is 0.0393. The number of carbonyl (C=O) groups excluding carboxylic acids is 1. The number of carbonyl (C=O) groups is 1. The Labute approximate surface area is 123 Å². The molecule has 0 aliphatic carbocycles. The van der Waals surface area contributed by atoms with Gasteiger partial charge in [0.2, 0.25) is 0 Å². The van der Waals surface area contributed by atoms with Gasteiger partial charge in [-0.15, -0.1) is 0 Å². The van der Waals surface area contributed by atoms with Crippen LogP contribution in [0, 0.1) is 13.8 Å². The van der Waals surface area contributed by atoms with Crippen LogP contribution < -0.4 is 0 Å². The molecule has 0 aromatic carbocycles. The van der Waals surface area contributed by atoms with Crippen molar-refractivity contribution >= 4 is 17.0 Å². The number of aromatic nitrogens is 2. The van der Waals surface area contributed by atoms with Gasteiger partial charge in [0.25, 0.3) is 11.6 Å². The van der Waals surface area contributed by atoms with E-state index in [0.717, 1.165) is 30.7 Å². The molecule has 1 amide bonds. The fourth-order valence-electron chi connectivity index (χ4n) is 2.98. The van der Waals surface area contributed by atoms with Crippen molar-refractivity contribution in [2.45, 2.75) is 26.8 Å². The summed E-state index contributed by atoms with van der Waals surface area (Å²) >= 11 is 0. The molecule has 0 radical (unpaired) electrons. The summed E-state index contributed by atoms with van der Waals surface area (Å²) in [5.41, 5.74) is 2.57. The lowest BCUT2D eigenvalue weighted by Gasteiger charge is -2.38. The number of amides is 1. The molecule has 1 unspecified atom stereocenters. The van der Waals surface area contributed by atoms with E-state index in [0.29, 0.717) is 17.0 Å².